The molecular formula is C13H20BrN3O2. The van der Waals surface area contributed by atoms with E-state index in [0.717, 1.165) is 18.3 Å². The molecule has 2 unspecified atom stereocenters. The fraction of sp³-hybridized carbons (Fsp3) is 0.692. The van der Waals surface area contributed by atoms with Crippen LogP contribution >= 0.6 is 15.9 Å². The largest absolute Gasteiger partial charge is 0.373 e. The number of hydrogen-bond donors (Lipinski definition) is 0. The maximum atomic E-state index is 12.4. The summed E-state index contributed by atoms with van der Waals surface area (Å²) >= 11 is 3.43. The second kappa shape index (κ2) is 6.52. The fourth-order valence-corrected chi connectivity index (χ4v) is 2.65. The van der Waals surface area contributed by atoms with Crippen molar-refractivity contribution in [2.45, 2.75) is 39.0 Å². The molecule has 0 spiro atoms. The van der Waals surface area contributed by atoms with Crippen molar-refractivity contribution >= 4 is 21.7 Å². The first kappa shape index (κ1) is 14.5. The molecule has 1 saturated heterocycles. The van der Waals surface area contributed by atoms with E-state index in [0.29, 0.717) is 19.0 Å². The van der Waals surface area contributed by atoms with Gasteiger partial charge in [-0.2, -0.15) is 0 Å². The lowest BCUT2D eigenvalue weighted by molar-refractivity contribution is 0.0375. The first-order valence-corrected chi connectivity index (χ1v) is 7.79. The van der Waals surface area contributed by atoms with Crippen LogP contribution in [0.3, 0.4) is 0 Å². The van der Waals surface area contributed by atoms with Gasteiger partial charge in [-0.1, -0.05) is 22.9 Å². The Kier molecular flexibility index (Phi) is 4.99. The minimum Gasteiger partial charge on any atom is -0.373 e. The van der Waals surface area contributed by atoms with E-state index in [1.165, 1.54) is 0 Å². The number of halogens is 1. The molecule has 0 saturated carbocycles. The van der Waals surface area contributed by atoms with E-state index in [4.69, 9.17) is 4.74 Å². The maximum Gasteiger partial charge on any atom is 0.293 e. The first-order chi connectivity index (χ1) is 9.17. The molecule has 1 aromatic rings. The van der Waals surface area contributed by atoms with E-state index >= 15 is 0 Å². The Bertz CT molecular complexity index is 477. The van der Waals surface area contributed by atoms with Crippen molar-refractivity contribution < 1.29 is 4.74 Å². The summed E-state index contributed by atoms with van der Waals surface area (Å²) in [5.41, 5.74) is -0.00794. The van der Waals surface area contributed by atoms with E-state index < -0.39 is 0 Å². The molecule has 0 radical (unpaired) electrons. The van der Waals surface area contributed by atoms with E-state index in [-0.39, 0.29) is 17.7 Å². The molecule has 0 aliphatic carbocycles. The summed E-state index contributed by atoms with van der Waals surface area (Å²) < 4.78 is 7.41. The molecule has 1 aromatic heterocycles. The van der Waals surface area contributed by atoms with Crippen LogP contribution in [0.5, 0.6) is 0 Å². The van der Waals surface area contributed by atoms with Crippen molar-refractivity contribution in [2.24, 2.45) is 0 Å². The third kappa shape index (κ3) is 3.17. The van der Waals surface area contributed by atoms with Gasteiger partial charge in [0.25, 0.3) is 5.56 Å². The molecule has 5 nitrogen and oxygen atoms in total. The Morgan fingerprint density at radius 1 is 1.58 bits per heavy atom. The molecule has 2 rings (SSSR count). The van der Waals surface area contributed by atoms with Crippen LogP contribution < -0.4 is 10.5 Å². The summed E-state index contributed by atoms with van der Waals surface area (Å²) in [5, 5.41) is 0.770. The number of aryl methyl sites for hydroxylation is 1. The predicted molar refractivity (Wildman–Crippen MR) is 79.1 cm³/mol. The van der Waals surface area contributed by atoms with Gasteiger partial charge in [0.2, 0.25) is 0 Å². The smallest absolute Gasteiger partial charge is 0.293 e. The summed E-state index contributed by atoms with van der Waals surface area (Å²) in [5.74, 6) is 0.540. The minimum atomic E-state index is -0.00794. The lowest BCUT2D eigenvalue weighted by atomic mass is 10.2. The van der Waals surface area contributed by atoms with Gasteiger partial charge in [0.05, 0.1) is 18.8 Å². The second-order valence-corrected chi connectivity index (χ2v) is 5.51. The SMILES string of the molecule is CCCn1ccnc(N2CC(CBr)OCC2C)c1=O. The van der Waals surface area contributed by atoms with E-state index in [2.05, 4.69) is 39.7 Å². The highest BCUT2D eigenvalue weighted by Crippen LogP contribution is 2.17. The van der Waals surface area contributed by atoms with Crippen LogP contribution in [-0.4, -0.2) is 40.2 Å². The molecule has 0 bridgehead atoms. The molecule has 0 N–H and O–H groups in total. The van der Waals surface area contributed by atoms with Gasteiger partial charge in [0, 0.05) is 30.8 Å². The predicted octanol–water partition coefficient (Wildman–Crippen LogP) is 1.64. The average molecular weight is 330 g/mol. The number of nitrogens with zero attached hydrogens (tertiary/aromatic N) is 3. The molecule has 0 aromatic carbocycles. The number of morpholine rings is 1. The number of hydrogen-bond acceptors (Lipinski definition) is 4. The van der Waals surface area contributed by atoms with Gasteiger partial charge in [-0.05, 0) is 13.3 Å². The van der Waals surface area contributed by atoms with Crippen molar-refractivity contribution in [1.82, 2.24) is 9.55 Å². The molecule has 19 heavy (non-hydrogen) atoms. The van der Waals surface area contributed by atoms with Crippen LogP contribution in [0.2, 0.25) is 0 Å². The number of aromatic nitrogens is 2. The lowest BCUT2D eigenvalue weighted by Crippen LogP contribution is -2.51. The highest BCUT2D eigenvalue weighted by molar-refractivity contribution is 9.09. The highest BCUT2D eigenvalue weighted by atomic mass is 79.9. The Balaban J connectivity index is 2.29. The summed E-state index contributed by atoms with van der Waals surface area (Å²) in [7, 11) is 0. The standard InChI is InChI=1S/C13H20BrN3O2/c1-3-5-16-6-4-15-12(13(16)18)17-8-11(7-14)19-9-10(17)2/h4,6,10-11H,3,5,7-9H2,1-2H3. The van der Waals surface area contributed by atoms with Crippen molar-refractivity contribution in [2.75, 3.05) is 23.4 Å². The zero-order valence-corrected chi connectivity index (χ0v) is 13.0. The normalized spacial score (nSPS) is 23.6. The Hall–Kier alpha value is -0.880. The minimum absolute atomic E-state index is 0.00794. The van der Waals surface area contributed by atoms with Gasteiger partial charge in [0.15, 0.2) is 5.82 Å². The second-order valence-electron chi connectivity index (χ2n) is 4.86. The van der Waals surface area contributed by atoms with Crippen LogP contribution in [0, 0.1) is 0 Å². The topological polar surface area (TPSA) is 47.4 Å². The molecule has 2 heterocycles. The summed E-state index contributed by atoms with van der Waals surface area (Å²) in [6.07, 6.45) is 4.50. The Morgan fingerprint density at radius 3 is 3.05 bits per heavy atom. The zero-order chi connectivity index (χ0) is 13.8. The monoisotopic (exact) mass is 329 g/mol. The van der Waals surface area contributed by atoms with Crippen molar-refractivity contribution in [3.8, 4) is 0 Å². The first-order valence-electron chi connectivity index (χ1n) is 6.67. The van der Waals surface area contributed by atoms with Crippen molar-refractivity contribution in [1.29, 1.82) is 0 Å². The van der Waals surface area contributed by atoms with E-state index in [1.807, 2.05) is 0 Å². The van der Waals surface area contributed by atoms with Crippen LogP contribution in [-0.2, 0) is 11.3 Å². The van der Waals surface area contributed by atoms with Crippen LogP contribution in [0.1, 0.15) is 20.3 Å². The zero-order valence-electron chi connectivity index (χ0n) is 11.4. The Morgan fingerprint density at radius 2 is 2.37 bits per heavy atom. The Labute approximate surface area is 121 Å². The van der Waals surface area contributed by atoms with Gasteiger partial charge >= 0.3 is 0 Å². The summed E-state index contributed by atoms with van der Waals surface area (Å²) in [6, 6.07) is 0.174. The molecule has 0 amide bonds. The van der Waals surface area contributed by atoms with Crippen molar-refractivity contribution in [3.63, 3.8) is 0 Å². The number of rotatable bonds is 4. The molecule has 2 atom stereocenters. The average Bonchev–Trinajstić information content (AvgIpc) is 2.42. The molecule has 6 heteroatoms. The van der Waals surface area contributed by atoms with Gasteiger partial charge in [-0.25, -0.2) is 4.98 Å². The molecule has 1 aliphatic rings. The molecule has 1 aliphatic heterocycles. The molecule has 106 valence electrons. The van der Waals surface area contributed by atoms with E-state index in [1.54, 1.807) is 17.0 Å². The van der Waals surface area contributed by atoms with Crippen LogP contribution in [0.4, 0.5) is 5.82 Å². The maximum absolute atomic E-state index is 12.4. The third-order valence-electron chi connectivity index (χ3n) is 3.31. The molecular weight excluding hydrogens is 310 g/mol. The van der Waals surface area contributed by atoms with Gasteiger partial charge < -0.3 is 14.2 Å². The summed E-state index contributed by atoms with van der Waals surface area (Å²) in [6.45, 7) is 6.17. The van der Waals surface area contributed by atoms with Gasteiger partial charge in [0.1, 0.15) is 0 Å². The highest BCUT2D eigenvalue weighted by Gasteiger charge is 2.28. The van der Waals surface area contributed by atoms with Crippen LogP contribution in [0.15, 0.2) is 17.2 Å². The van der Waals surface area contributed by atoms with E-state index in [9.17, 15) is 4.79 Å². The number of anilines is 1. The quantitative estimate of drug-likeness (QED) is 0.788. The number of alkyl halides is 1. The van der Waals surface area contributed by atoms with Crippen molar-refractivity contribution in [3.05, 3.63) is 22.7 Å². The van der Waals surface area contributed by atoms with Gasteiger partial charge in [-0.3, -0.25) is 4.79 Å². The summed E-state index contributed by atoms with van der Waals surface area (Å²) in [4.78, 5) is 18.8. The van der Waals surface area contributed by atoms with Gasteiger partial charge in [-0.15, -0.1) is 0 Å². The number of ether oxygens (including phenoxy) is 1. The molecule has 1 fully saturated rings. The lowest BCUT2D eigenvalue weighted by Gasteiger charge is -2.37. The fourth-order valence-electron chi connectivity index (χ4n) is 2.26. The van der Waals surface area contributed by atoms with Crippen LogP contribution in [0.25, 0.3) is 0 Å². The third-order valence-corrected chi connectivity index (χ3v) is 4.03.